The van der Waals surface area contributed by atoms with E-state index in [1.165, 1.54) is 7.11 Å². The number of nitrogens with zero attached hydrogens (tertiary/aromatic N) is 2. The Kier molecular flexibility index (Phi) is 4.50. The van der Waals surface area contributed by atoms with E-state index in [1.54, 1.807) is 4.57 Å². The third-order valence-corrected chi connectivity index (χ3v) is 4.52. The van der Waals surface area contributed by atoms with Crippen molar-refractivity contribution in [2.45, 2.75) is 38.3 Å². The number of esters is 1. The molecule has 2 heterocycles. The molecule has 0 aromatic carbocycles. The summed E-state index contributed by atoms with van der Waals surface area (Å²) in [5.74, 6) is -0.316. The summed E-state index contributed by atoms with van der Waals surface area (Å²) in [4.78, 5) is 14.0. The number of aliphatic hydroxyl groups excluding tert-OH is 1. The van der Waals surface area contributed by atoms with Crippen LogP contribution in [0.4, 0.5) is 0 Å². The maximum Gasteiger partial charge on any atom is 0.354 e. The third kappa shape index (κ3) is 2.60. The van der Waals surface area contributed by atoms with Crippen LogP contribution in [-0.4, -0.2) is 46.3 Å². The molecule has 1 saturated heterocycles. The molecule has 1 atom stereocenters. The van der Waals surface area contributed by atoms with Gasteiger partial charge in [-0.1, -0.05) is 6.92 Å². The molecule has 0 spiro atoms. The standard InChI is InChI=1S/C15H24N2O3/c1-4-15(11-18)6-5-7-17(15)10-12-8-13(14(19)20-3)16(2)9-12/h8-9,18H,4-7,10-11H2,1-3H3/t15-/m0/s1. The summed E-state index contributed by atoms with van der Waals surface area (Å²) in [6.07, 6.45) is 5.06. The average Bonchev–Trinajstić information content (AvgIpc) is 3.02. The molecular formula is C15H24N2O3. The number of carbonyl (C=O) groups excluding carboxylic acids is 1. The largest absolute Gasteiger partial charge is 0.464 e. The quantitative estimate of drug-likeness (QED) is 0.831. The van der Waals surface area contributed by atoms with Gasteiger partial charge in [-0.2, -0.15) is 0 Å². The van der Waals surface area contributed by atoms with Gasteiger partial charge in [-0.25, -0.2) is 4.79 Å². The summed E-state index contributed by atoms with van der Waals surface area (Å²) in [6, 6.07) is 1.88. The summed E-state index contributed by atoms with van der Waals surface area (Å²) in [5, 5.41) is 9.73. The molecular weight excluding hydrogens is 256 g/mol. The molecule has 0 saturated carbocycles. The lowest BCUT2D eigenvalue weighted by Gasteiger charge is -2.36. The molecule has 20 heavy (non-hydrogen) atoms. The van der Waals surface area contributed by atoms with E-state index in [4.69, 9.17) is 4.74 Å². The fraction of sp³-hybridized carbons (Fsp3) is 0.667. The molecule has 1 N–H and O–H groups in total. The first-order valence-corrected chi connectivity index (χ1v) is 7.16. The van der Waals surface area contributed by atoms with E-state index in [9.17, 15) is 9.90 Å². The molecule has 1 aliphatic rings. The number of methoxy groups -OCH3 is 1. The summed E-state index contributed by atoms with van der Waals surface area (Å²) in [6.45, 7) is 4.08. The Morgan fingerprint density at radius 1 is 1.55 bits per heavy atom. The second kappa shape index (κ2) is 5.97. The Labute approximate surface area is 120 Å². The number of ether oxygens (including phenoxy) is 1. The van der Waals surface area contributed by atoms with Gasteiger partial charge in [0.2, 0.25) is 0 Å². The Morgan fingerprint density at radius 2 is 2.30 bits per heavy atom. The van der Waals surface area contributed by atoms with Crippen molar-refractivity contribution in [3.63, 3.8) is 0 Å². The molecule has 1 aromatic heterocycles. The van der Waals surface area contributed by atoms with E-state index < -0.39 is 0 Å². The van der Waals surface area contributed by atoms with Gasteiger partial charge in [0, 0.05) is 25.3 Å². The zero-order valence-corrected chi connectivity index (χ0v) is 12.6. The lowest BCUT2D eigenvalue weighted by Crippen LogP contribution is -2.45. The predicted octanol–water partition coefficient (Wildman–Crippen LogP) is 1.55. The fourth-order valence-electron chi connectivity index (χ4n) is 3.18. The van der Waals surface area contributed by atoms with E-state index in [0.29, 0.717) is 5.69 Å². The third-order valence-electron chi connectivity index (χ3n) is 4.52. The van der Waals surface area contributed by atoms with Crippen molar-refractivity contribution in [3.8, 4) is 0 Å². The molecule has 0 unspecified atom stereocenters. The second-order valence-electron chi connectivity index (χ2n) is 5.60. The Morgan fingerprint density at radius 3 is 2.90 bits per heavy atom. The van der Waals surface area contributed by atoms with Crippen molar-refractivity contribution in [1.82, 2.24) is 9.47 Å². The van der Waals surface area contributed by atoms with Crippen molar-refractivity contribution in [1.29, 1.82) is 0 Å². The number of aliphatic hydroxyl groups is 1. The minimum Gasteiger partial charge on any atom is -0.464 e. The van der Waals surface area contributed by atoms with Crippen LogP contribution < -0.4 is 0 Å². The molecule has 0 aliphatic carbocycles. The molecule has 0 radical (unpaired) electrons. The summed E-state index contributed by atoms with van der Waals surface area (Å²) < 4.78 is 6.57. The highest BCUT2D eigenvalue weighted by molar-refractivity contribution is 5.87. The van der Waals surface area contributed by atoms with Crippen LogP contribution in [0.2, 0.25) is 0 Å². The van der Waals surface area contributed by atoms with Gasteiger partial charge in [0.15, 0.2) is 0 Å². The Bertz CT molecular complexity index is 477. The molecule has 0 amide bonds. The lowest BCUT2D eigenvalue weighted by atomic mass is 9.94. The van der Waals surface area contributed by atoms with Crippen LogP contribution in [-0.2, 0) is 18.3 Å². The van der Waals surface area contributed by atoms with Crippen LogP contribution in [0, 0.1) is 0 Å². The number of likely N-dealkylation sites (tertiary alicyclic amines) is 1. The van der Waals surface area contributed by atoms with Gasteiger partial charge in [-0.15, -0.1) is 0 Å². The van der Waals surface area contributed by atoms with Crippen molar-refractivity contribution in [2.24, 2.45) is 7.05 Å². The number of hydrogen-bond acceptors (Lipinski definition) is 4. The number of rotatable bonds is 5. The maximum absolute atomic E-state index is 11.6. The molecule has 1 fully saturated rings. The van der Waals surface area contributed by atoms with Crippen molar-refractivity contribution in [3.05, 3.63) is 23.5 Å². The van der Waals surface area contributed by atoms with Crippen LogP contribution >= 0.6 is 0 Å². The van der Waals surface area contributed by atoms with Gasteiger partial charge >= 0.3 is 5.97 Å². The zero-order valence-electron chi connectivity index (χ0n) is 12.6. The van der Waals surface area contributed by atoms with Crippen molar-refractivity contribution in [2.75, 3.05) is 20.3 Å². The van der Waals surface area contributed by atoms with Gasteiger partial charge in [-0.3, -0.25) is 4.90 Å². The molecule has 2 rings (SSSR count). The smallest absolute Gasteiger partial charge is 0.354 e. The van der Waals surface area contributed by atoms with E-state index >= 15 is 0 Å². The zero-order chi connectivity index (χ0) is 14.8. The number of hydrogen-bond donors (Lipinski definition) is 1. The minimum absolute atomic E-state index is 0.0960. The minimum atomic E-state index is -0.316. The van der Waals surface area contributed by atoms with Crippen molar-refractivity contribution < 1.29 is 14.6 Å². The topological polar surface area (TPSA) is 54.7 Å². The number of aryl methyl sites for hydroxylation is 1. The first kappa shape index (κ1) is 15.1. The van der Waals surface area contributed by atoms with Gasteiger partial charge in [-0.05, 0) is 37.4 Å². The molecule has 5 nitrogen and oxygen atoms in total. The molecule has 112 valence electrons. The van der Waals surface area contributed by atoms with E-state index in [1.807, 2.05) is 19.3 Å². The average molecular weight is 280 g/mol. The van der Waals surface area contributed by atoms with Crippen LogP contribution in [0.15, 0.2) is 12.3 Å². The monoisotopic (exact) mass is 280 g/mol. The Balaban J connectivity index is 2.16. The Hall–Kier alpha value is -1.33. The van der Waals surface area contributed by atoms with Crippen LogP contribution in [0.3, 0.4) is 0 Å². The highest BCUT2D eigenvalue weighted by Crippen LogP contribution is 2.33. The van der Waals surface area contributed by atoms with Crippen molar-refractivity contribution >= 4 is 5.97 Å². The van der Waals surface area contributed by atoms with Gasteiger partial charge in [0.05, 0.1) is 13.7 Å². The summed E-state index contributed by atoms with van der Waals surface area (Å²) >= 11 is 0. The SMILES string of the molecule is CC[C@@]1(CO)CCCN1Cc1cc(C(=O)OC)n(C)c1. The van der Waals surface area contributed by atoms with E-state index in [0.717, 1.165) is 37.9 Å². The van der Waals surface area contributed by atoms with Crippen LogP contribution in [0.1, 0.15) is 42.2 Å². The number of aromatic nitrogens is 1. The van der Waals surface area contributed by atoms with Gasteiger partial charge in [0.25, 0.3) is 0 Å². The van der Waals surface area contributed by atoms with Crippen LogP contribution in [0.5, 0.6) is 0 Å². The fourth-order valence-corrected chi connectivity index (χ4v) is 3.18. The highest BCUT2D eigenvalue weighted by atomic mass is 16.5. The maximum atomic E-state index is 11.6. The van der Waals surface area contributed by atoms with Gasteiger partial charge in [0.1, 0.15) is 5.69 Å². The number of carbonyl (C=O) groups is 1. The first-order chi connectivity index (χ1) is 9.56. The first-order valence-electron chi connectivity index (χ1n) is 7.16. The molecule has 0 bridgehead atoms. The van der Waals surface area contributed by atoms with E-state index in [-0.39, 0.29) is 18.1 Å². The highest BCUT2D eigenvalue weighted by Gasteiger charge is 2.38. The molecule has 1 aliphatic heterocycles. The molecule has 1 aromatic rings. The van der Waals surface area contributed by atoms with Crippen LogP contribution in [0.25, 0.3) is 0 Å². The molecule has 5 heteroatoms. The summed E-state index contributed by atoms with van der Waals surface area (Å²) in [5.41, 5.74) is 1.55. The normalized spacial score (nSPS) is 23.2. The van der Waals surface area contributed by atoms with E-state index in [2.05, 4.69) is 11.8 Å². The predicted molar refractivity (Wildman–Crippen MR) is 76.5 cm³/mol. The summed E-state index contributed by atoms with van der Waals surface area (Å²) in [7, 11) is 3.24. The lowest BCUT2D eigenvalue weighted by molar-refractivity contribution is 0.0548. The van der Waals surface area contributed by atoms with Gasteiger partial charge < -0.3 is 14.4 Å². The second-order valence-corrected chi connectivity index (χ2v) is 5.60.